The Balaban J connectivity index is 1.54. The molecule has 0 saturated carbocycles. The van der Waals surface area contributed by atoms with Crippen molar-refractivity contribution in [3.05, 3.63) is 83.9 Å². The number of hydrogen-bond donors (Lipinski definition) is 0. The predicted molar refractivity (Wildman–Crippen MR) is 125 cm³/mol. The van der Waals surface area contributed by atoms with Crippen LogP contribution in [-0.2, 0) is 5.41 Å². The zero-order chi connectivity index (χ0) is 20.6. The van der Waals surface area contributed by atoms with E-state index in [4.69, 9.17) is 0 Å². The fraction of sp³-hybridized carbons (Fsp3) is 0.357. The maximum atomic E-state index is 2.46. The average molecular weight is 385 g/mol. The minimum absolute atomic E-state index is 0.279. The van der Waals surface area contributed by atoms with Crippen molar-refractivity contribution >= 4 is 0 Å². The first-order valence-electron chi connectivity index (χ1n) is 10.9. The summed E-state index contributed by atoms with van der Waals surface area (Å²) in [5.74, 6) is 0.686. The van der Waals surface area contributed by atoms with E-state index >= 15 is 0 Å². The highest BCUT2D eigenvalue weighted by Crippen LogP contribution is 2.41. The molecular formula is C28H34N+. The lowest BCUT2D eigenvalue weighted by Gasteiger charge is -2.47. The van der Waals surface area contributed by atoms with Crippen molar-refractivity contribution < 1.29 is 4.48 Å². The number of benzene rings is 3. The molecule has 29 heavy (non-hydrogen) atoms. The van der Waals surface area contributed by atoms with Crippen molar-refractivity contribution in [2.24, 2.45) is 5.92 Å². The third-order valence-electron chi connectivity index (χ3n) is 7.24. The third kappa shape index (κ3) is 4.02. The van der Waals surface area contributed by atoms with Gasteiger partial charge in [-0.05, 0) is 34.7 Å². The number of rotatable bonds is 3. The van der Waals surface area contributed by atoms with E-state index in [9.17, 15) is 0 Å². The summed E-state index contributed by atoms with van der Waals surface area (Å²) in [6.45, 7) is 9.52. The van der Waals surface area contributed by atoms with Crippen LogP contribution in [0.15, 0.2) is 72.8 Å². The van der Waals surface area contributed by atoms with Crippen LogP contribution in [0.1, 0.15) is 31.4 Å². The van der Waals surface area contributed by atoms with Gasteiger partial charge in [-0.1, -0.05) is 92.2 Å². The summed E-state index contributed by atoms with van der Waals surface area (Å²) in [5, 5.41) is 0. The van der Waals surface area contributed by atoms with Gasteiger partial charge in [0.25, 0.3) is 0 Å². The van der Waals surface area contributed by atoms with E-state index < -0.39 is 0 Å². The minimum Gasteiger partial charge on any atom is -0.328 e. The Kier molecular flexibility index (Phi) is 5.12. The van der Waals surface area contributed by atoms with Crippen LogP contribution in [0, 0.1) is 12.8 Å². The van der Waals surface area contributed by atoms with Crippen molar-refractivity contribution in [3.63, 3.8) is 0 Å². The standard InChI is InChI=1S/C28H34N/c1-21-6-8-23(9-7-21)24-10-12-25(13-11-24)26-14-16-27(17-15-26)28(3)18-19-29(4,5)20-22(28)2/h6-17,22H,18-20H2,1-5H3/q+1/t22?,28-/m0/s1. The van der Waals surface area contributed by atoms with Gasteiger partial charge in [-0.2, -0.15) is 0 Å². The second-order valence-electron chi connectivity index (χ2n) is 9.93. The predicted octanol–water partition coefficient (Wildman–Crippen LogP) is 6.70. The lowest BCUT2D eigenvalue weighted by atomic mass is 9.67. The van der Waals surface area contributed by atoms with Crippen molar-refractivity contribution in [3.8, 4) is 22.3 Å². The molecule has 2 atom stereocenters. The highest BCUT2D eigenvalue weighted by atomic mass is 15.3. The highest BCUT2D eigenvalue weighted by molar-refractivity contribution is 5.70. The molecule has 1 heteroatoms. The topological polar surface area (TPSA) is 0 Å². The molecule has 0 amide bonds. The molecule has 1 unspecified atom stereocenters. The van der Waals surface area contributed by atoms with Gasteiger partial charge in [0, 0.05) is 17.8 Å². The number of hydrogen-bond acceptors (Lipinski definition) is 0. The summed E-state index contributed by atoms with van der Waals surface area (Å²) in [6.07, 6.45) is 1.26. The van der Waals surface area contributed by atoms with E-state index in [2.05, 4.69) is 108 Å². The number of aryl methyl sites for hydroxylation is 1. The zero-order valence-electron chi connectivity index (χ0n) is 18.6. The molecule has 150 valence electrons. The lowest BCUT2D eigenvalue weighted by Crippen LogP contribution is -2.55. The van der Waals surface area contributed by atoms with Crippen molar-refractivity contribution in [2.45, 2.75) is 32.6 Å². The summed E-state index contributed by atoms with van der Waals surface area (Å²) < 4.78 is 1.14. The van der Waals surface area contributed by atoms with Crippen LogP contribution in [0.4, 0.5) is 0 Å². The molecule has 0 spiro atoms. The summed E-state index contributed by atoms with van der Waals surface area (Å²) in [7, 11) is 4.72. The summed E-state index contributed by atoms with van der Waals surface area (Å²) in [4.78, 5) is 0. The molecule has 3 aromatic rings. The smallest absolute Gasteiger partial charge is 0.0816 e. The van der Waals surface area contributed by atoms with Crippen molar-refractivity contribution in [1.82, 2.24) is 0 Å². The zero-order valence-corrected chi connectivity index (χ0v) is 18.6. The molecule has 1 heterocycles. The van der Waals surface area contributed by atoms with Crippen LogP contribution in [0.5, 0.6) is 0 Å². The molecule has 0 radical (unpaired) electrons. The van der Waals surface area contributed by atoms with Gasteiger partial charge < -0.3 is 4.48 Å². The van der Waals surface area contributed by atoms with Gasteiger partial charge in [0.1, 0.15) is 0 Å². The molecule has 4 rings (SSSR count). The van der Waals surface area contributed by atoms with Crippen LogP contribution in [-0.4, -0.2) is 31.7 Å². The Morgan fingerprint density at radius 3 is 1.59 bits per heavy atom. The van der Waals surface area contributed by atoms with Crippen LogP contribution in [0.25, 0.3) is 22.3 Å². The second kappa shape index (κ2) is 7.46. The van der Waals surface area contributed by atoms with E-state index in [-0.39, 0.29) is 5.41 Å². The Hall–Kier alpha value is -2.38. The highest BCUT2D eigenvalue weighted by Gasteiger charge is 2.42. The number of likely N-dealkylation sites (tertiary alicyclic amines) is 1. The molecule has 1 saturated heterocycles. The number of nitrogens with zero attached hydrogens (tertiary/aromatic N) is 1. The molecule has 0 aromatic heterocycles. The number of quaternary nitrogens is 1. The van der Waals surface area contributed by atoms with Gasteiger partial charge in [0.2, 0.25) is 0 Å². The van der Waals surface area contributed by atoms with Gasteiger partial charge >= 0.3 is 0 Å². The van der Waals surface area contributed by atoms with Crippen molar-refractivity contribution in [1.29, 1.82) is 0 Å². The average Bonchev–Trinajstić information content (AvgIpc) is 2.72. The van der Waals surface area contributed by atoms with E-state index in [0.717, 1.165) is 4.48 Å². The lowest BCUT2D eigenvalue weighted by molar-refractivity contribution is -0.900. The Morgan fingerprint density at radius 2 is 1.14 bits per heavy atom. The van der Waals surface area contributed by atoms with Gasteiger partial charge in [-0.15, -0.1) is 0 Å². The van der Waals surface area contributed by atoms with Crippen molar-refractivity contribution in [2.75, 3.05) is 27.2 Å². The van der Waals surface area contributed by atoms with Crippen LogP contribution >= 0.6 is 0 Å². The summed E-state index contributed by atoms with van der Waals surface area (Å²) in [6, 6.07) is 27.1. The molecular weight excluding hydrogens is 350 g/mol. The maximum Gasteiger partial charge on any atom is 0.0816 e. The van der Waals surface area contributed by atoms with E-state index in [1.807, 2.05) is 0 Å². The Labute approximate surface area is 176 Å². The van der Waals surface area contributed by atoms with Crippen LogP contribution < -0.4 is 0 Å². The van der Waals surface area contributed by atoms with Gasteiger partial charge in [-0.25, -0.2) is 0 Å². The first-order chi connectivity index (χ1) is 13.8. The summed E-state index contributed by atoms with van der Waals surface area (Å²) >= 11 is 0. The second-order valence-corrected chi connectivity index (χ2v) is 9.93. The molecule has 3 aromatic carbocycles. The van der Waals surface area contributed by atoms with Gasteiger partial charge in [0.05, 0.1) is 27.2 Å². The minimum atomic E-state index is 0.279. The first-order valence-corrected chi connectivity index (χ1v) is 10.9. The fourth-order valence-electron chi connectivity index (χ4n) is 4.89. The molecule has 0 aliphatic carbocycles. The van der Waals surface area contributed by atoms with E-state index in [0.29, 0.717) is 5.92 Å². The largest absolute Gasteiger partial charge is 0.328 e. The molecule has 1 aliphatic rings. The van der Waals surface area contributed by atoms with Gasteiger partial charge in [-0.3, -0.25) is 0 Å². The Bertz CT molecular complexity index is 964. The fourth-order valence-corrected chi connectivity index (χ4v) is 4.89. The van der Waals surface area contributed by atoms with E-state index in [1.54, 1.807) is 0 Å². The SMILES string of the molecule is Cc1ccc(-c2ccc(-c3ccc([C@@]4(C)CC[N+](C)(C)CC4C)cc3)cc2)cc1. The normalized spacial score (nSPS) is 23.7. The molecule has 1 aliphatic heterocycles. The number of piperidine rings is 1. The van der Waals surface area contributed by atoms with Crippen LogP contribution in [0.3, 0.4) is 0 Å². The quantitative estimate of drug-likeness (QED) is 0.441. The van der Waals surface area contributed by atoms with E-state index in [1.165, 1.54) is 52.9 Å². The molecule has 0 N–H and O–H groups in total. The molecule has 1 fully saturated rings. The molecule has 0 bridgehead atoms. The molecule has 1 nitrogen and oxygen atoms in total. The maximum absolute atomic E-state index is 2.46. The van der Waals surface area contributed by atoms with Gasteiger partial charge in [0.15, 0.2) is 0 Å². The first kappa shape index (κ1) is 19.9. The summed E-state index contributed by atoms with van der Waals surface area (Å²) in [5.41, 5.74) is 8.20. The van der Waals surface area contributed by atoms with Crippen LogP contribution in [0.2, 0.25) is 0 Å². The Morgan fingerprint density at radius 1 is 0.724 bits per heavy atom. The monoisotopic (exact) mass is 384 g/mol. The third-order valence-corrected chi connectivity index (χ3v) is 7.24.